The van der Waals surface area contributed by atoms with Gasteiger partial charge in [0, 0.05) is 35.0 Å². The third-order valence-corrected chi connectivity index (χ3v) is 6.94. The second-order valence-electron chi connectivity index (χ2n) is 10.6. The number of hydrogen-bond acceptors (Lipinski definition) is 4. The van der Waals surface area contributed by atoms with Crippen molar-refractivity contribution in [2.45, 2.75) is 90.3 Å². The van der Waals surface area contributed by atoms with Crippen molar-refractivity contribution in [3.63, 3.8) is 0 Å². The number of furan rings is 1. The standard InChI is InChI=1S/C26H36N2O3/c1-17-21-9-5-6-11-23(21)31-25(17)22(29)10-7-8-18-14-19-12-13-20(15-18)28(19)16-24(30)27-26(2,3)4/h5-6,9,11,18-20H,7-8,10,12-16H2,1-4H3,(H,27,30)/t18-,19-,20?/m1/s1. The highest BCUT2D eigenvalue weighted by molar-refractivity contribution is 6.00. The fourth-order valence-corrected chi connectivity index (χ4v) is 5.61. The number of hydrogen-bond donors (Lipinski definition) is 1. The quantitative estimate of drug-likeness (QED) is 0.617. The molecule has 0 saturated carbocycles. The molecular weight excluding hydrogens is 388 g/mol. The molecule has 1 aromatic heterocycles. The summed E-state index contributed by atoms with van der Waals surface area (Å²) in [5.41, 5.74) is 1.57. The van der Waals surface area contributed by atoms with Crippen LogP contribution in [0.15, 0.2) is 28.7 Å². The van der Waals surface area contributed by atoms with Crippen LogP contribution in [0.4, 0.5) is 0 Å². The highest BCUT2D eigenvalue weighted by Crippen LogP contribution is 2.40. The normalized spacial score (nSPS) is 23.9. The molecule has 1 unspecified atom stereocenters. The van der Waals surface area contributed by atoms with E-state index in [1.165, 1.54) is 12.8 Å². The van der Waals surface area contributed by atoms with Crippen LogP contribution in [0, 0.1) is 12.8 Å². The molecule has 1 aromatic carbocycles. The average molecular weight is 425 g/mol. The molecule has 4 rings (SSSR count). The van der Waals surface area contributed by atoms with Crippen LogP contribution >= 0.6 is 0 Å². The SMILES string of the molecule is Cc1c(C(=O)CCC[C@H]2CC3CC[C@H](C2)N3CC(=O)NC(C)(C)C)oc2ccccc12. The van der Waals surface area contributed by atoms with Gasteiger partial charge < -0.3 is 9.73 Å². The highest BCUT2D eigenvalue weighted by Gasteiger charge is 2.41. The number of nitrogens with one attached hydrogen (secondary N) is 1. The zero-order valence-corrected chi connectivity index (χ0v) is 19.4. The largest absolute Gasteiger partial charge is 0.453 e. The molecule has 1 N–H and O–H groups in total. The van der Waals surface area contributed by atoms with Crippen molar-refractivity contribution in [3.05, 3.63) is 35.6 Å². The number of nitrogens with zero attached hydrogens (tertiary/aromatic N) is 1. The van der Waals surface area contributed by atoms with Crippen LogP contribution in [0.2, 0.25) is 0 Å². The Labute approximate surface area is 185 Å². The van der Waals surface area contributed by atoms with E-state index in [1.807, 2.05) is 52.0 Å². The maximum absolute atomic E-state index is 12.8. The number of benzene rings is 1. The summed E-state index contributed by atoms with van der Waals surface area (Å²) in [6, 6.07) is 8.88. The summed E-state index contributed by atoms with van der Waals surface area (Å²) in [7, 11) is 0. The number of para-hydroxylation sites is 1. The molecule has 0 spiro atoms. The first-order valence-corrected chi connectivity index (χ1v) is 11.8. The van der Waals surface area contributed by atoms with E-state index in [1.54, 1.807) is 0 Å². The van der Waals surface area contributed by atoms with Crippen LogP contribution in [0.25, 0.3) is 11.0 Å². The molecule has 2 fully saturated rings. The van der Waals surface area contributed by atoms with Gasteiger partial charge in [0.05, 0.1) is 6.54 Å². The van der Waals surface area contributed by atoms with Gasteiger partial charge in [-0.25, -0.2) is 0 Å². The Bertz CT molecular complexity index is 941. The molecule has 5 nitrogen and oxygen atoms in total. The van der Waals surface area contributed by atoms with Crippen molar-refractivity contribution in [3.8, 4) is 0 Å². The maximum Gasteiger partial charge on any atom is 0.234 e. The van der Waals surface area contributed by atoms with Gasteiger partial charge in [0.1, 0.15) is 5.58 Å². The Hall–Kier alpha value is -2.14. The first-order chi connectivity index (χ1) is 14.7. The zero-order valence-electron chi connectivity index (χ0n) is 19.4. The van der Waals surface area contributed by atoms with Crippen LogP contribution in [0.1, 0.15) is 81.8 Å². The highest BCUT2D eigenvalue weighted by atomic mass is 16.3. The molecule has 3 heterocycles. The van der Waals surface area contributed by atoms with Crippen molar-refractivity contribution in [1.82, 2.24) is 10.2 Å². The third-order valence-electron chi connectivity index (χ3n) is 6.94. The molecule has 2 saturated heterocycles. The summed E-state index contributed by atoms with van der Waals surface area (Å²) in [6.45, 7) is 8.57. The summed E-state index contributed by atoms with van der Waals surface area (Å²) in [4.78, 5) is 27.6. The van der Waals surface area contributed by atoms with Gasteiger partial charge in [-0.1, -0.05) is 18.2 Å². The number of Topliss-reactive ketones (excluding diaryl/α,β-unsaturated/α-hetero) is 1. The van der Waals surface area contributed by atoms with Crippen LogP contribution < -0.4 is 5.32 Å². The van der Waals surface area contributed by atoms with Gasteiger partial charge in [0.2, 0.25) is 5.91 Å². The number of fused-ring (bicyclic) bond motifs is 3. The predicted molar refractivity (Wildman–Crippen MR) is 123 cm³/mol. The lowest BCUT2D eigenvalue weighted by atomic mass is 9.86. The monoisotopic (exact) mass is 424 g/mol. The Balaban J connectivity index is 1.27. The molecule has 31 heavy (non-hydrogen) atoms. The van der Waals surface area contributed by atoms with Gasteiger partial charge in [-0.2, -0.15) is 0 Å². The fraction of sp³-hybridized carbons (Fsp3) is 0.615. The molecule has 0 aliphatic carbocycles. The Morgan fingerprint density at radius 3 is 2.45 bits per heavy atom. The predicted octanol–water partition coefficient (Wildman–Crippen LogP) is 5.25. The first kappa shape index (κ1) is 22.1. The number of rotatable bonds is 7. The Morgan fingerprint density at radius 1 is 1.13 bits per heavy atom. The summed E-state index contributed by atoms with van der Waals surface area (Å²) in [6.07, 6.45) is 7.23. The van der Waals surface area contributed by atoms with E-state index in [4.69, 9.17) is 4.42 Å². The van der Waals surface area contributed by atoms with Crippen LogP contribution in [-0.2, 0) is 4.79 Å². The average Bonchev–Trinajstić information content (AvgIpc) is 3.13. The van der Waals surface area contributed by atoms with E-state index < -0.39 is 0 Å². The first-order valence-electron chi connectivity index (χ1n) is 11.8. The molecule has 2 aromatic rings. The summed E-state index contributed by atoms with van der Waals surface area (Å²) in [5, 5.41) is 4.13. The van der Waals surface area contributed by atoms with Crippen molar-refractivity contribution in [2.75, 3.05) is 6.54 Å². The van der Waals surface area contributed by atoms with Gasteiger partial charge in [-0.15, -0.1) is 0 Å². The second-order valence-corrected chi connectivity index (χ2v) is 10.6. The van der Waals surface area contributed by atoms with Gasteiger partial charge >= 0.3 is 0 Å². The van der Waals surface area contributed by atoms with E-state index in [9.17, 15) is 9.59 Å². The number of piperidine rings is 1. The Morgan fingerprint density at radius 2 is 1.81 bits per heavy atom. The number of aryl methyl sites for hydroxylation is 1. The lowest BCUT2D eigenvalue weighted by Crippen LogP contribution is -2.51. The van der Waals surface area contributed by atoms with E-state index in [0.29, 0.717) is 36.7 Å². The number of amides is 1. The van der Waals surface area contributed by atoms with Crippen LogP contribution in [0.3, 0.4) is 0 Å². The zero-order chi connectivity index (χ0) is 22.2. The number of ketones is 1. The fourth-order valence-electron chi connectivity index (χ4n) is 5.61. The lowest BCUT2D eigenvalue weighted by molar-refractivity contribution is -0.125. The molecular formula is C26H36N2O3. The van der Waals surface area contributed by atoms with Gasteiger partial charge in [-0.05, 0) is 78.2 Å². The van der Waals surface area contributed by atoms with Crippen molar-refractivity contribution in [2.24, 2.45) is 5.92 Å². The van der Waals surface area contributed by atoms with Crippen molar-refractivity contribution in [1.29, 1.82) is 0 Å². The number of carbonyl (C=O) groups is 2. The summed E-state index contributed by atoms with van der Waals surface area (Å²) < 4.78 is 5.84. The van der Waals surface area contributed by atoms with E-state index in [0.717, 1.165) is 42.2 Å². The molecule has 2 aliphatic rings. The maximum atomic E-state index is 12.8. The molecule has 0 radical (unpaired) electrons. The number of carbonyl (C=O) groups excluding carboxylic acids is 2. The van der Waals surface area contributed by atoms with E-state index in [-0.39, 0.29) is 17.2 Å². The molecule has 2 bridgehead atoms. The Kier molecular flexibility index (Phi) is 6.25. The summed E-state index contributed by atoms with van der Waals surface area (Å²) in [5.74, 6) is 1.44. The molecule has 5 heteroatoms. The van der Waals surface area contributed by atoms with Crippen LogP contribution in [0.5, 0.6) is 0 Å². The smallest absolute Gasteiger partial charge is 0.234 e. The van der Waals surface area contributed by atoms with Gasteiger partial charge in [0.15, 0.2) is 11.5 Å². The van der Waals surface area contributed by atoms with E-state index in [2.05, 4.69) is 10.2 Å². The molecule has 2 aliphatic heterocycles. The third kappa shape index (κ3) is 5.03. The van der Waals surface area contributed by atoms with Gasteiger partial charge in [0.25, 0.3) is 0 Å². The minimum Gasteiger partial charge on any atom is -0.453 e. The topological polar surface area (TPSA) is 62.6 Å². The molecule has 1 amide bonds. The summed E-state index contributed by atoms with van der Waals surface area (Å²) >= 11 is 0. The van der Waals surface area contributed by atoms with Gasteiger partial charge in [-0.3, -0.25) is 14.5 Å². The van der Waals surface area contributed by atoms with E-state index >= 15 is 0 Å². The lowest BCUT2D eigenvalue weighted by Gasteiger charge is -2.39. The van der Waals surface area contributed by atoms with Crippen molar-refractivity contribution < 1.29 is 14.0 Å². The minimum atomic E-state index is -0.181. The van der Waals surface area contributed by atoms with Crippen LogP contribution in [-0.4, -0.2) is 40.8 Å². The molecule has 3 atom stereocenters. The second kappa shape index (κ2) is 8.78. The molecule has 168 valence electrons. The minimum absolute atomic E-state index is 0.118. The van der Waals surface area contributed by atoms with Crippen molar-refractivity contribution >= 4 is 22.7 Å².